The van der Waals surface area contributed by atoms with Crippen molar-refractivity contribution in [2.75, 3.05) is 11.1 Å². The van der Waals surface area contributed by atoms with Crippen LogP contribution in [0.4, 0.5) is 5.69 Å². The molecule has 1 spiro atoms. The van der Waals surface area contributed by atoms with Gasteiger partial charge in [0.25, 0.3) is 0 Å². The number of aliphatic imine (C=N–C) groups is 1. The highest BCUT2D eigenvalue weighted by atomic mass is 32.2. The summed E-state index contributed by atoms with van der Waals surface area (Å²) in [6.07, 6.45) is 6.64. The van der Waals surface area contributed by atoms with Crippen molar-refractivity contribution < 1.29 is 0 Å². The van der Waals surface area contributed by atoms with Crippen molar-refractivity contribution in [2.45, 2.75) is 51.5 Å². The summed E-state index contributed by atoms with van der Waals surface area (Å²) < 4.78 is 0. The van der Waals surface area contributed by atoms with Gasteiger partial charge in [0.1, 0.15) is 0 Å². The van der Waals surface area contributed by atoms with Gasteiger partial charge in [-0.1, -0.05) is 43.2 Å². The highest BCUT2D eigenvalue weighted by Gasteiger charge is 2.36. The van der Waals surface area contributed by atoms with E-state index in [0.717, 1.165) is 5.17 Å². The Labute approximate surface area is 120 Å². The minimum atomic E-state index is 0.253. The van der Waals surface area contributed by atoms with Crippen LogP contribution in [0, 0.1) is 13.8 Å². The number of hydrogen-bond donors (Lipinski definition) is 1. The lowest BCUT2D eigenvalue weighted by molar-refractivity contribution is 0.335. The average Bonchev–Trinajstić information content (AvgIpc) is 2.79. The third kappa shape index (κ3) is 2.66. The fraction of sp³-hybridized carbons (Fsp3) is 0.562. The molecule has 0 atom stereocenters. The summed E-state index contributed by atoms with van der Waals surface area (Å²) in [5.74, 6) is 1.17. The van der Waals surface area contributed by atoms with Crippen molar-refractivity contribution in [3.63, 3.8) is 0 Å². The highest BCUT2D eigenvalue weighted by molar-refractivity contribution is 8.14. The maximum Gasteiger partial charge on any atom is 0.161 e. The van der Waals surface area contributed by atoms with E-state index in [1.165, 1.54) is 54.7 Å². The summed E-state index contributed by atoms with van der Waals surface area (Å²) >= 11 is 1.90. The van der Waals surface area contributed by atoms with Crippen molar-refractivity contribution in [1.82, 2.24) is 0 Å². The van der Waals surface area contributed by atoms with Crippen molar-refractivity contribution in [2.24, 2.45) is 4.99 Å². The van der Waals surface area contributed by atoms with E-state index in [4.69, 9.17) is 4.99 Å². The first kappa shape index (κ1) is 13.0. The zero-order valence-corrected chi connectivity index (χ0v) is 12.6. The van der Waals surface area contributed by atoms with Crippen LogP contribution in [0.1, 0.15) is 43.2 Å². The van der Waals surface area contributed by atoms with Gasteiger partial charge in [-0.25, -0.2) is 0 Å². The second-order valence-electron chi connectivity index (χ2n) is 5.86. The number of aryl methyl sites for hydroxylation is 1. The van der Waals surface area contributed by atoms with Gasteiger partial charge in [0.2, 0.25) is 0 Å². The summed E-state index contributed by atoms with van der Waals surface area (Å²) in [7, 11) is 0. The molecule has 0 radical (unpaired) electrons. The lowest BCUT2D eigenvalue weighted by Crippen LogP contribution is -2.29. The SMILES string of the molecule is Cc1cccc(NC2=NC3(CCCCC3)CS2)c1C. The van der Waals surface area contributed by atoms with E-state index in [1.54, 1.807) is 0 Å². The van der Waals surface area contributed by atoms with Crippen LogP contribution >= 0.6 is 11.8 Å². The van der Waals surface area contributed by atoms with E-state index < -0.39 is 0 Å². The van der Waals surface area contributed by atoms with E-state index >= 15 is 0 Å². The molecule has 2 aliphatic rings. The number of rotatable bonds is 1. The fourth-order valence-corrected chi connectivity index (χ4v) is 4.21. The predicted octanol–water partition coefficient (Wildman–Crippen LogP) is 4.52. The molecule has 1 aromatic carbocycles. The molecule has 1 aliphatic heterocycles. The van der Waals surface area contributed by atoms with Gasteiger partial charge < -0.3 is 5.32 Å². The van der Waals surface area contributed by atoms with Crippen molar-refractivity contribution >= 4 is 22.6 Å². The molecule has 0 unspecified atom stereocenters. The Balaban J connectivity index is 1.77. The Morgan fingerprint density at radius 1 is 1.16 bits per heavy atom. The second kappa shape index (κ2) is 5.20. The highest BCUT2D eigenvalue weighted by Crippen LogP contribution is 2.40. The molecule has 0 amide bonds. The summed E-state index contributed by atoms with van der Waals surface area (Å²) in [5, 5.41) is 4.66. The lowest BCUT2D eigenvalue weighted by Gasteiger charge is -2.29. The summed E-state index contributed by atoms with van der Waals surface area (Å²) in [6.45, 7) is 4.33. The van der Waals surface area contributed by atoms with Crippen LogP contribution in [0.3, 0.4) is 0 Å². The Kier molecular flexibility index (Phi) is 3.57. The zero-order valence-electron chi connectivity index (χ0n) is 11.8. The Hall–Kier alpha value is -0.960. The predicted molar refractivity (Wildman–Crippen MR) is 85.2 cm³/mol. The van der Waals surface area contributed by atoms with E-state index in [0.29, 0.717) is 0 Å². The van der Waals surface area contributed by atoms with E-state index in [1.807, 2.05) is 11.8 Å². The molecule has 3 heteroatoms. The lowest BCUT2D eigenvalue weighted by atomic mass is 9.84. The Morgan fingerprint density at radius 2 is 1.95 bits per heavy atom. The molecular weight excluding hydrogens is 252 g/mol. The van der Waals surface area contributed by atoms with Crippen LogP contribution in [0.25, 0.3) is 0 Å². The quantitative estimate of drug-likeness (QED) is 0.814. The normalized spacial score (nSPS) is 21.5. The molecule has 1 aliphatic carbocycles. The molecule has 3 rings (SSSR count). The van der Waals surface area contributed by atoms with Crippen LogP contribution in [0.2, 0.25) is 0 Å². The molecule has 1 aromatic rings. The van der Waals surface area contributed by atoms with Gasteiger partial charge in [-0.05, 0) is 43.9 Å². The molecule has 1 saturated carbocycles. The van der Waals surface area contributed by atoms with Crippen LogP contribution in [0.15, 0.2) is 23.2 Å². The molecular formula is C16H22N2S. The number of hydrogen-bond acceptors (Lipinski definition) is 3. The first-order valence-corrected chi connectivity index (χ1v) is 8.23. The first-order valence-electron chi connectivity index (χ1n) is 7.24. The average molecular weight is 274 g/mol. The minimum Gasteiger partial charge on any atom is -0.335 e. The largest absolute Gasteiger partial charge is 0.335 e. The molecule has 0 aromatic heterocycles. The third-order valence-electron chi connectivity index (χ3n) is 4.45. The molecule has 0 bridgehead atoms. The molecule has 2 nitrogen and oxygen atoms in total. The molecule has 1 heterocycles. The summed E-state index contributed by atoms with van der Waals surface area (Å²) in [4.78, 5) is 5.01. The van der Waals surface area contributed by atoms with Crippen molar-refractivity contribution in [1.29, 1.82) is 0 Å². The van der Waals surface area contributed by atoms with E-state index in [2.05, 4.69) is 37.4 Å². The third-order valence-corrected chi connectivity index (χ3v) is 5.60. The summed E-state index contributed by atoms with van der Waals surface area (Å²) in [6, 6.07) is 6.42. The zero-order chi connectivity index (χ0) is 13.3. The molecule has 1 N–H and O–H groups in total. The number of nitrogens with zero attached hydrogens (tertiary/aromatic N) is 1. The van der Waals surface area contributed by atoms with Gasteiger partial charge in [0, 0.05) is 11.4 Å². The standard InChI is InChI=1S/C16H22N2S/c1-12-7-6-8-14(13(12)2)17-15-18-16(11-19-15)9-4-3-5-10-16/h6-8H,3-5,9-11H2,1-2H3,(H,17,18). The molecule has 102 valence electrons. The summed E-state index contributed by atoms with van der Waals surface area (Å²) in [5.41, 5.74) is 4.12. The Morgan fingerprint density at radius 3 is 2.74 bits per heavy atom. The van der Waals surface area contributed by atoms with E-state index in [-0.39, 0.29) is 5.54 Å². The maximum absolute atomic E-state index is 5.01. The number of nitrogens with one attached hydrogen (secondary N) is 1. The van der Waals surface area contributed by atoms with Crippen molar-refractivity contribution in [3.8, 4) is 0 Å². The van der Waals surface area contributed by atoms with Crippen molar-refractivity contribution in [3.05, 3.63) is 29.3 Å². The number of anilines is 1. The molecule has 19 heavy (non-hydrogen) atoms. The topological polar surface area (TPSA) is 24.4 Å². The molecule has 1 fully saturated rings. The van der Waals surface area contributed by atoms with Gasteiger partial charge in [-0.15, -0.1) is 0 Å². The van der Waals surface area contributed by atoms with Crippen LogP contribution in [-0.2, 0) is 0 Å². The van der Waals surface area contributed by atoms with Gasteiger partial charge in [0.15, 0.2) is 5.17 Å². The smallest absolute Gasteiger partial charge is 0.161 e. The van der Waals surface area contributed by atoms with Crippen LogP contribution < -0.4 is 5.32 Å². The monoisotopic (exact) mass is 274 g/mol. The second-order valence-corrected chi connectivity index (χ2v) is 6.83. The maximum atomic E-state index is 5.01. The Bertz CT molecular complexity index is 501. The molecule has 0 saturated heterocycles. The minimum absolute atomic E-state index is 0.253. The number of amidine groups is 1. The van der Waals surface area contributed by atoms with Gasteiger partial charge in [0.05, 0.1) is 5.54 Å². The van der Waals surface area contributed by atoms with Gasteiger partial charge in [-0.2, -0.15) is 0 Å². The fourth-order valence-electron chi connectivity index (χ4n) is 3.01. The van der Waals surface area contributed by atoms with Gasteiger partial charge in [-0.3, -0.25) is 4.99 Å². The number of benzene rings is 1. The van der Waals surface area contributed by atoms with Crippen LogP contribution in [-0.4, -0.2) is 16.5 Å². The van der Waals surface area contributed by atoms with Gasteiger partial charge >= 0.3 is 0 Å². The number of thioether (sulfide) groups is 1. The van der Waals surface area contributed by atoms with E-state index in [9.17, 15) is 0 Å². The first-order chi connectivity index (χ1) is 9.19. The van der Waals surface area contributed by atoms with Crippen LogP contribution in [0.5, 0.6) is 0 Å².